The molecule has 2 aliphatic heterocycles. The normalized spacial score (nSPS) is 30.9. The molecule has 0 aromatic rings. The predicted octanol–water partition coefficient (Wildman–Crippen LogP) is 1.04. The van der Waals surface area contributed by atoms with E-state index < -0.39 is 12.7 Å². The number of carbonyl (C=O) groups excluding carboxylic acids is 1. The fraction of sp³-hybridized carbons (Fsp3) is 0.923. The lowest BCUT2D eigenvalue weighted by Gasteiger charge is -2.27. The summed E-state index contributed by atoms with van der Waals surface area (Å²) in [7, 11) is 0. The van der Waals surface area contributed by atoms with Crippen LogP contribution in [-0.4, -0.2) is 72.0 Å². The summed E-state index contributed by atoms with van der Waals surface area (Å²) in [5, 5.41) is 12.1. The number of rotatable bonds is 3. The third-order valence-corrected chi connectivity index (χ3v) is 4.33. The van der Waals surface area contributed by atoms with Gasteiger partial charge in [0.05, 0.1) is 19.2 Å². The highest BCUT2D eigenvalue weighted by molar-refractivity contribution is 5.75. The molecule has 0 spiro atoms. The van der Waals surface area contributed by atoms with E-state index in [2.05, 4.69) is 5.32 Å². The molecule has 2 fully saturated rings. The molecule has 2 N–H and O–H groups in total. The van der Waals surface area contributed by atoms with E-state index in [-0.39, 0.29) is 37.2 Å². The molecule has 0 bridgehead atoms. The van der Waals surface area contributed by atoms with Crippen LogP contribution in [0.15, 0.2) is 0 Å². The van der Waals surface area contributed by atoms with Gasteiger partial charge in [-0.05, 0) is 18.8 Å². The van der Waals surface area contributed by atoms with Gasteiger partial charge < -0.3 is 15.3 Å². The van der Waals surface area contributed by atoms with Crippen molar-refractivity contribution in [3.63, 3.8) is 0 Å². The quantitative estimate of drug-likeness (QED) is 0.819. The fourth-order valence-electron chi connectivity index (χ4n) is 3.14. The molecule has 8 heteroatoms. The molecule has 0 aliphatic carbocycles. The summed E-state index contributed by atoms with van der Waals surface area (Å²) in [5.74, 6) is 0.242. The van der Waals surface area contributed by atoms with Crippen LogP contribution >= 0.6 is 0 Å². The smallest absolute Gasteiger partial charge is 0.394 e. The standard InChI is InChI=1S/C13H22F3N3O2/c1-9-2-5-19(11(9)7-20)12(21)17-10-3-4-18(6-10)8-13(14,15)16/h9-11,20H,2-8H2,1H3,(H,17,21)/t9-,10+,11+/m1/s1. The number of likely N-dealkylation sites (tertiary alicyclic amines) is 2. The summed E-state index contributed by atoms with van der Waals surface area (Å²) in [6.45, 7) is 2.10. The van der Waals surface area contributed by atoms with Crippen LogP contribution in [0.2, 0.25) is 0 Å². The monoisotopic (exact) mass is 309 g/mol. The van der Waals surface area contributed by atoms with E-state index >= 15 is 0 Å². The van der Waals surface area contributed by atoms with Gasteiger partial charge in [0.2, 0.25) is 0 Å². The molecule has 5 nitrogen and oxygen atoms in total. The van der Waals surface area contributed by atoms with Crippen molar-refractivity contribution in [3.05, 3.63) is 0 Å². The number of halogens is 3. The van der Waals surface area contributed by atoms with Crippen LogP contribution in [0.25, 0.3) is 0 Å². The average Bonchev–Trinajstić information content (AvgIpc) is 2.93. The van der Waals surface area contributed by atoms with Crippen LogP contribution < -0.4 is 5.32 Å². The Kier molecular flexibility index (Phi) is 4.98. The van der Waals surface area contributed by atoms with Crippen molar-refractivity contribution >= 4 is 6.03 Å². The Morgan fingerprint density at radius 2 is 2.05 bits per heavy atom. The van der Waals surface area contributed by atoms with E-state index in [1.807, 2.05) is 6.92 Å². The van der Waals surface area contributed by atoms with Crippen LogP contribution in [0, 0.1) is 5.92 Å². The third kappa shape index (κ3) is 4.23. The highest BCUT2D eigenvalue weighted by Gasteiger charge is 2.37. The third-order valence-electron chi connectivity index (χ3n) is 4.33. The number of nitrogens with zero attached hydrogens (tertiary/aromatic N) is 2. The maximum atomic E-state index is 12.3. The molecule has 122 valence electrons. The molecule has 0 radical (unpaired) electrons. The van der Waals surface area contributed by atoms with Gasteiger partial charge in [-0.3, -0.25) is 4.90 Å². The minimum Gasteiger partial charge on any atom is -0.394 e. The number of urea groups is 1. The topological polar surface area (TPSA) is 55.8 Å². The number of aliphatic hydroxyl groups excluding tert-OH is 1. The number of amides is 2. The molecule has 21 heavy (non-hydrogen) atoms. The Balaban J connectivity index is 1.82. The average molecular weight is 309 g/mol. The maximum absolute atomic E-state index is 12.3. The van der Waals surface area contributed by atoms with E-state index in [0.717, 1.165) is 6.42 Å². The predicted molar refractivity (Wildman–Crippen MR) is 70.8 cm³/mol. The van der Waals surface area contributed by atoms with E-state index in [0.29, 0.717) is 19.5 Å². The summed E-state index contributed by atoms with van der Waals surface area (Å²) in [6.07, 6.45) is -2.84. The number of alkyl halides is 3. The Labute approximate surface area is 122 Å². The van der Waals surface area contributed by atoms with Crippen LogP contribution in [0.1, 0.15) is 19.8 Å². The van der Waals surface area contributed by atoms with Crippen LogP contribution in [0.5, 0.6) is 0 Å². The van der Waals surface area contributed by atoms with Crippen LogP contribution in [0.3, 0.4) is 0 Å². The summed E-state index contributed by atoms with van der Waals surface area (Å²) in [4.78, 5) is 15.1. The molecule has 0 unspecified atom stereocenters. The van der Waals surface area contributed by atoms with Gasteiger partial charge in [-0.1, -0.05) is 6.92 Å². The van der Waals surface area contributed by atoms with E-state index in [9.17, 15) is 23.1 Å². The first-order chi connectivity index (χ1) is 9.80. The molecule has 2 aliphatic rings. The van der Waals surface area contributed by atoms with Crippen molar-refractivity contribution in [1.29, 1.82) is 0 Å². The van der Waals surface area contributed by atoms with Crippen molar-refractivity contribution in [2.45, 2.75) is 38.0 Å². The Morgan fingerprint density at radius 3 is 2.67 bits per heavy atom. The van der Waals surface area contributed by atoms with Crippen LogP contribution in [0.4, 0.5) is 18.0 Å². The summed E-state index contributed by atoms with van der Waals surface area (Å²) < 4.78 is 37.0. The van der Waals surface area contributed by atoms with Gasteiger partial charge in [0.1, 0.15) is 0 Å². The number of hydrogen-bond acceptors (Lipinski definition) is 3. The minimum atomic E-state index is -4.20. The van der Waals surface area contributed by atoms with Crippen molar-refractivity contribution in [3.8, 4) is 0 Å². The van der Waals surface area contributed by atoms with E-state index in [1.165, 1.54) is 4.90 Å². The van der Waals surface area contributed by atoms with Gasteiger partial charge in [-0.15, -0.1) is 0 Å². The maximum Gasteiger partial charge on any atom is 0.401 e. The first kappa shape index (κ1) is 16.4. The van der Waals surface area contributed by atoms with Gasteiger partial charge in [0.15, 0.2) is 0 Å². The molecule has 2 heterocycles. The minimum absolute atomic E-state index is 0.0839. The molecule has 3 atom stereocenters. The van der Waals surface area contributed by atoms with Crippen molar-refractivity contribution in [1.82, 2.24) is 15.1 Å². The highest BCUT2D eigenvalue weighted by atomic mass is 19.4. The molecule has 2 amide bonds. The lowest BCUT2D eigenvalue weighted by atomic mass is 10.0. The zero-order chi connectivity index (χ0) is 15.6. The highest BCUT2D eigenvalue weighted by Crippen LogP contribution is 2.24. The van der Waals surface area contributed by atoms with Gasteiger partial charge in [0.25, 0.3) is 0 Å². The van der Waals surface area contributed by atoms with E-state index in [4.69, 9.17) is 0 Å². The molecule has 2 saturated heterocycles. The Bertz CT molecular complexity index is 378. The molecule has 0 saturated carbocycles. The largest absolute Gasteiger partial charge is 0.401 e. The molecule has 0 aromatic heterocycles. The Morgan fingerprint density at radius 1 is 1.33 bits per heavy atom. The van der Waals surface area contributed by atoms with Crippen LogP contribution in [-0.2, 0) is 0 Å². The number of carbonyl (C=O) groups is 1. The zero-order valence-corrected chi connectivity index (χ0v) is 12.1. The first-order valence-corrected chi connectivity index (χ1v) is 7.27. The summed E-state index contributed by atoms with van der Waals surface area (Å²) in [5.41, 5.74) is 0. The summed E-state index contributed by atoms with van der Waals surface area (Å²) >= 11 is 0. The Hall–Kier alpha value is -1.02. The van der Waals surface area contributed by atoms with Crippen molar-refractivity contribution < 1.29 is 23.1 Å². The molecule has 0 aromatic carbocycles. The lowest BCUT2D eigenvalue weighted by molar-refractivity contribution is -0.143. The second-order valence-electron chi connectivity index (χ2n) is 5.99. The zero-order valence-electron chi connectivity index (χ0n) is 12.1. The number of nitrogens with one attached hydrogen (secondary N) is 1. The second kappa shape index (κ2) is 6.39. The van der Waals surface area contributed by atoms with Crippen molar-refractivity contribution in [2.75, 3.05) is 32.8 Å². The van der Waals surface area contributed by atoms with Crippen molar-refractivity contribution in [2.24, 2.45) is 5.92 Å². The van der Waals surface area contributed by atoms with Gasteiger partial charge >= 0.3 is 12.2 Å². The van der Waals surface area contributed by atoms with Gasteiger partial charge in [-0.2, -0.15) is 13.2 Å². The molecular weight excluding hydrogens is 287 g/mol. The molecular formula is C13H22F3N3O2. The number of hydrogen-bond donors (Lipinski definition) is 2. The van der Waals surface area contributed by atoms with E-state index in [1.54, 1.807) is 4.90 Å². The first-order valence-electron chi connectivity index (χ1n) is 7.27. The van der Waals surface area contributed by atoms with Gasteiger partial charge in [-0.25, -0.2) is 4.79 Å². The lowest BCUT2D eigenvalue weighted by Crippen LogP contribution is -2.49. The SMILES string of the molecule is C[C@@H]1CCN(C(=O)N[C@H]2CCN(CC(F)(F)F)C2)[C@H]1CO. The van der Waals surface area contributed by atoms with Gasteiger partial charge in [0, 0.05) is 25.7 Å². The molecule has 2 rings (SSSR count). The second-order valence-corrected chi connectivity index (χ2v) is 5.99. The summed E-state index contributed by atoms with van der Waals surface area (Å²) in [6, 6.07) is -0.731. The number of aliphatic hydroxyl groups is 1. The fourth-order valence-corrected chi connectivity index (χ4v) is 3.14.